The summed E-state index contributed by atoms with van der Waals surface area (Å²) in [6.07, 6.45) is 6.56. The summed E-state index contributed by atoms with van der Waals surface area (Å²) in [6, 6.07) is 4.25. The van der Waals surface area contributed by atoms with Crippen LogP contribution in [-0.2, 0) is 13.0 Å². The first-order valence-electron chi connectivity index (χ1n) is 7.43. The summed E-state index contributed by atoms with van der Waals surface area (Å²) >= 11 is 9.93. The van der Waals surface area contributed by atoms with Crippen LogP contribution in [0.3, 0.4) is 0 Å². The van der Waals surface area contributed by atoms with E-state index in [9.17, 15) is 4.79 Å². The molecule has 1 saturated carbocycles. The molecule has 114 valence electrons. The molecular formula is C16H15BrClN3O. The number of hydrogen-bond donors (Lipinski definition) is 0. The van der Waals surface area contributed by atoms with Gasteiger partial charge in [-0.2, -0.15) is 0 Å². The van der Waals surface area contributed by atoms with E-state index in [1.807, 2.05) is 21.6 Å². The molecule has 0 unspecified atom stereocenters. The molecule has 1 fully saturated rings. The minimum Gasteiger partial charge on any atom is -0.347 e. The van der Waals surface area contributed by atoms with Crippen LogP contribution in [-0.4, -0.2) is 16.1 Å². The molecule has 22 heavy (non-hydrogen) atoms. The Bertz CT molecular complexity index is 800. The van der Waals surface area contributed by atoms with Crippen LogP contribution in [0.2, 0.25) is 5.02 Å². The van der Waals surface area contributed by atoms with Crippen LogP contribution < -0.4 is 10.5 Å². The van der Waals surface area contributed by atoms with E-state index in [1.165, 1.54) is 5.56 Å². The highest BCUT2D eigenvalue weighted by atomic mass is 79.9. The Morgan fingerprint density at radius 2 is 2.09 bits per heavy atom. The van der Waals surface area contributed by atoms with Gasteiger partial charge >= 0.3 is 0 Å². The molecule has 0 N–H and O–H groups in total. The van der Waals surface area contributed by atoms with Gasteiger partial charge in [0.05, 0.1) is 0 Å². The lowest BCUT2D eigenvalue weighted by atomic mass is 10.00. The van der Waals surface area contributed by atoms with Crippen molar-refractivity contribution in [3.63, 3.8) is 0 Å². The third-order valence-corrected chi connectivity index (χ3v) is 5.48. The number of halogens is 2. The molecule has 0 atom stereocenters. The number of fused-ring (bicyclic) bond motifs is 1. The number of anilines is 1. The van der Waals surface area contributed by atoms with E-state index in [2.05, 4.69) is 20.9 Å². The molecule has 2 aromatic rings. The smallest absolute Gasteiger partial charge is 0.293 e. The summed E-state index contributed by atoms with van der Waals surface area (Å²) in [7, 11) is 0. The van der Waals surface area contributed by atoms with E-state index in [0.29, 0.717) is 18.4 Å². The van der Waals surface area contributed by atoms with Crippen LogP contribution in [0, 0.1) is 0 Å². The fourth-order valence-corrected chi connectivity index (χ4v) is 3.85. The highest BCUT2D eigenvalue weighted by Crippen LogP contribution is 2.35. The highest BCUT2D eigenvalue weighted by molar-refractivity contribution is 9.10. The molecule has 0 radical (unpaired) electrons. The van der Waals surface area contributed by atoms with E-state index >= 15 is 0 Å². The van der Waals surface area contributed by atoms with Gasteiger partial charge in [-0.05, 0) is 42.5 Å². The van der Waals surface area contributed by atoms with Crippen molar-refractivity contribution in [3.05, 3.63) is 55.5 Å². The normalized spacial score (nSPS) is 17.5. The first-order valence-corrected chi connectivity index (χ1v) is 8.60. The van der Waals surface area contributed by atoms with Crippen LogP contribution in [0.25, 0.3) is 0 Å². The maximum atomic E-state index is 12.6. The zero-order chi connectivity index (χ0) is 15.3. The maximum Gasteiger partial charge on any atom is 0.293 e. The van der Waals surface area contributed by atoms with Crippen molar-refractivity contribution >= 4 is 33.3 Å². The van der Waals surface area contributed by atoms with Gasteiger partial charge in [-0.25, -0.2) is 4.98 Å². The Morgan fingerprint density at radius 1 is 1.27 bits per heavy atom. The molecular weight excluding hydrogens is 366 g/mol. The van der Waals surface area contributed by atoms with E-state index in [0.717, 1.165) is 40.9 Å². The van der Waals surface area contributed by atoms with Crippen molar-refractivity contribution < 1.29 is 0 Å². The summed E-state index contributed by atoms with van der Waals surface area (Å²) in [5.41, 5.74) is 2.34. The monoisotopic (exact) mass is 379 g/mol. The topological polar surface area (TPSA) is 38.1 Å². The number of rotatable bonds is 2. The lowest BCUT2D eigenvalue weighted by molar-refractivity contribution is 0.665. The molecule has 0 bridgehead atoms. The Labute approximate surface area is 141 Å². The molecule has 4 nitrogen and oxygen atoms in total. The Morgan fingerprint density at radius 3 is 2.86 bits per heavy atom. The van der Waals surface area contributed by atoms with Crippen LogP contribution >= 0.6 is 27.5 Å². The van der Waals surface area contributed by atoms with Crippen LogP contribution in [0.15, 0.2) is 33.8 Å². The van der Waals surface area contributed by atoms with Crippen molar-refractivity contribution in [2.24, 2.45) is 0 Å². The van der Waals surface area contributed by atoms with Gasteiger partial charge in [-0.15, -0.1) is 0 Å². The van der Waals surface area contributed by atoms with Crippen LogP contribution in [0.1, 0.15) is 30.0 Å². The van der Waals surface area contributed by atoms with Gasteiger partial charge < -0.3 is 9.47 Å². The molecule has 2 heterocycles. The average molecular weight is 381 g/mol. The van der Waals surface area contributed by atoms with Gasteiger partial charge in [0.2, 0.25) is 0 Å². The number of nitrogens with zero attached hydrogens (tertiary/aromatic N) is 3. The van der Waals surface area contributed by atoms with Crippen LogP contribution in [0.4, 0.5) is 5.82 Å². The number of aromatic nitrogens is 2. The maximum absolute atomic E-state index is 12.6. The number of benzene rings is 1. The molecule has 4 rings (SSSR count). The van der Waals surface area contributed by atoms with Gasteiger partial charge in [0.15, 0.2) is 5.82 Å². The molecule has 1 aromatic heterocycles. The average Bonchev–Trinajstić information content (AvgIpc) is 3.36. The molecule has 0 spiro atoms. The van der Waals surface area contributed by atoms with Crippen molar-refractivity contribution in [1.82, 2.24) is 9.55 Å². The van der Waals surface area contributed by atoms with E-state index < -0.39 is 0 Å². The zero-order valence-corrected chi connectivity index (χ0v) is 14.3. The molecule has 1 aliphatic heterocycles. The third kappa shape index (κ3) is 2.36. The summed E-state index contributed by atoms with van der Waals surface area (Å²) in [4.78, 5) is 19.0. The number of hydrogen-bond acceptors (Lipinski definition) is 3. The largest absolute Gasteiger partial charge is 0.347 e. The second kappa shape index (κ2) is 5.39. The fourth-order valence-electron chi connectivity index (χ4n) is 3.05. The standard InChI is InChI=1S/C16H15BrClN3O/c17-13-3-4-14(18)12-9-20(7-5-11(12)13)15-16(22)21(8-6-19-15)10-1-2-10/h3-4,6,8,10H,1-2,5,7,9H2. The quantitative estimate of drug-likeness (QED) is 0.799. The summed E-state index contributed by atoms with van der Waals surface area (Å²) < 4.78 is 2.91. The molecule has 1 aromatic carbocycles. The third-order valence-electron chi connectivity index (χ3n) is 4.39. The second-order valence-corrected chi connectivity index (χ2v) is 7.11. The molecule has 0 saturated heterocycles. The lowest BCUT2D eigenvalue weighted by Gasteiger charge is -2.30. The molecule has 6 heteroatoms. The van der Waals surface area contributed by atoms with Gasteiger partial charge in [-0.1, -0.05) is 27.5 Å². The Kier molecular flexibility index (Phi) is 3.50. The zero-order valence-electron chi connectivity index (χ0n) is 11.9. The predicted molar refractivity (Wildman–Crippen MR) is 90.7 cm³/mol. The first-order chi connectivity index (χ1) is 10.6. The fraction of sp³-hybridized carbons (Fsp3) is 0.375. The highest BCUT2D eigenvalue weighted by Gasteiger charge is 2.28. The van der Waals surface area contributed by atoms with Crippen molar-refractivity contribution in [2.45, 2.75) is 31.8 Å². The van der Waals surface area contributed by atoms with E-state index in [4.69, 9.17) is 11.6 Å². The minimum atomic E-state index is 0.0135. The van der Waals surface area contributed by atoms with E-state index in [1.54, 1.807) is 12.4 Å². The summed E-state index contributed by atoms with van der Waals surface area (Å²) in [5, 5.41) is 0.751. The van der Waals surface area contributed by atoms with Gasteiger partial charge in [0, 0.05) is 41.0 Å². The van der Waals surface area contributed by atoms with Crippen LogP contribution in [0.5, 0.6) is 0 Å². The van der Waals surface area contributed by atoms with Crippen molar-refractivity contribution in [3.8, 4) is 0 Å². The lowest BCUT2D eigenvalue weighted by Crippen LogP contribution is -2.37. The van der Waals surface area contributed by atoms with Gasteiger partial charge in [-0.3, -0.25) is 4.79 Å². The van der Waals surface area contributed by atoms with Gasteiger partial charge in [0.1, 0.15) is 0 Å². The summed E-state index contributed by atoms with van der Waals surface area (Å²) in [5.74, 6) is 0.538. The summed E-state index contributed by atoms with van der Waals surface area (Å²) in [6.45, 7) is 1.41. The first kappa shape index (κ1) is 14.3. The molecule has 1 aliphatic carbocycles. The Hall–Kier alpha value is -1.33. The predicted octanol–water partition coefficient (Wildman–Crippen LogP) is 3.56. The SMILES string of the molecule is O=c1c(N2CCc3c(Br)ccc(Cl)c3C2)nccn1C1CC1. The van der Waals surface area contributed by atoms with Crippen molar-refractivity contribution in [2.75, 3.05) is 11.4 Å². The minimum absolute atomic E-state index is 0.0135. The van der Waals surface area contributed by atoms with Crippen molar-refractivity contribution in [1.29, 1.82) is 0 Å². The Balaban J connectivity index is 1.72. The second-order valence-electron chi connectivity index (χ2n) is 5.85. The molecule has 2 aliphatic rings. The van der Waals surface area contributed by atoms with Gasteiger partial charge in [0.25, 0.3) is 5.56 Å². The molecule has 0 amide bonds. The van der Waals surface area contributed by atoms with E-state index in [-0.39, 0.29) is 5.56 Å².